The fourth-order valence-electron chi connectivity index (χ4n) is 2.28. The Morgan fingerprint density at radius 3 is 2.94 bits per heavy atom. The minimum Gasteiger partial charge on any atom is -0.394 e. The lowest BCUT2D eigenvalue weighted by Gasteiger charge is -2.34. The van der Waals surface area contributed by atoms with Crippen molar-refractivity contribution in [2.24, 2.45) is 0 Å². The number of benzene rings is 1. The lowest BCUT2D eigenvalue weighted by Crippen LogP contribution is -2.45. The largest absolute Gasteiger partial charge is 0.394 e. The van der Waals surface area contributed by atoms with Gasteiger partial charge in [-0.15, -0.1) is 0 Å². The van der Waals surface area contributed by atoms with Gasteiger partial charge in [0.1, 0.15) is 5.82 Å². The molecule has 1 aromatic carbocycles. The van der Waals surface area contributed by atoms with Crippen LogP contribution in [0.2, 0.25) is 0 Å². The zero-order chi connectivity index (χ0) is 13.1. The van der Waals surface area contributed by atoms with Crippen LogP contribution in [-0.4, -0.2) is 35.1 Å². The van der Waals surface area contributed by atoms with Gasteiger partial charge in [0.2, 0.25) is 0 Å². The molecular weight excluding hydrogens is 301 g/mol. The Balaban J connectivity index is 2.24. The van der Waals surface area contributed by atoms with E-state index < -0.39 is 5.82 Å². The summed E-state index contributed by atoms with van der Waals surface area (Å²) in [7, 11) is 0. The van der Waals surface area contributed by atoms with Gasteiger partial charge in [-0.1, -0.05) is 15.9 Å². The minimum atomic E-state index is -0.531. The van der Waals surface area contributed by atoms with Gasteiger partial charge in [0, 0.05) is 11.0 Å². The number of halogens is 2. The first kappa shape index (κ1) is 13.5. The molecule has 5 heteroatoms. The molecule has 0 aliphatic carbocycles. The zero-order valence-corrected chi connectivity index (χ0v) is 11.5. The van der Waals surface area contributed by atoms with Gasteiger partial charge >= 0.3 is 0 Å². The molecule has 1 unspecified atom stereocenters. The highest BCUT2D eigenvalue weighted by Gasteiger charge is 2.28. The van der Waals surface area contributed by atoms with Gasteiger partial charge in [-0.05, 0) is 37.5 Å². The predicted molar refractivity (Wildman–Crippen MR) is 69.9 cm³/mol. The molecule has 1 heterocycles. The molecule has 1 amide bonds. The average Bonchev–Trinajstić information content (AvgIpc) is 2.38. The van der Waals surface area contributed by atoms with Crippen LogP contribution >= 0.6 is 15.9 Å². The van der Waals surface area contributed by atoms with Crippen molar-refractivity contribution in [3.63, 3.8) is 0 Å². The Bertz CT molecular complexity index is 453. The first-order valence-electron chi connectivity index (χ1n) is 6.00. The quantitative estimate of drug-likeness (QED) is 0.911. The number of amides is 1. The highest BCUT2D eigenvalue weighted by atomic mass is 79.9. The third-order valence-electron chi connectivity index (χ3n) is 3.26. The summed E-state index contributed by atoms with van der Waals surface area (Å²) in [6.07, 6.45) is 2.68. The van der Waals surface area contributed by atoms with E-state index in [0.717, 1.165) is 19.3 Å². The van der Waals surface area contributed by atoms with Gasteiger partial charge < -0.3 is 10.0 Å². The summed E-state index contributed by atoms with van der Waals surface area (Å²) >= 11 is 3.16. The molecule has 98 valence electrons. The second-order valence-electron chi connectivity index (χ2n) is 4.45. The third-order valence-corrected chi connectivity index (χ3v) is 3.75. The van der Waals surface area contributed by atoms with Crippen LogP contribution in [0.4, 0.5) is 4.39 Å². The lowest BCUT2D eigenvalue weighted by molar-refractivity contribution is 0.0498. The molecule has 0 bridgehead atoms. The fourth-order valence-corrected chi connectivity index (χ4v) is 2.61. The Morgan fingerprint density at radius 1 is 1.50 bits per heavy atom. The normalized spacial score (nSPS) is 19.9. The molecule has 1 fully saturated rings. The summed E-state index contributed by atoms with van der Waals surface area (Å²) < 4.78 is 14.4. The molecule has 0 saturated carbocycles. The molecular formula is C13H15BrFNO2. The van der Waals surface area contributed by atoms with Gasteiger partial charge in [-0.2, -0.15) is 0 Å². The predicted octanol–water partition coefficient (Wildman–Crippen LogP) is 2.58. The minimum absolute atomic E-state index is 0.0656. The molecule has 1 aromatic rings. The summed E-state index contributed by atoms with van der Waals surface area (Å²) in [6.45, 7) is 0.517. The molecule has 3 nitrogen and oxygen atoms in total. The first-order chi connectivity index (χ1) is 8.63. The van der Waals surface area contributed by atoms with E-state index in [9.17, 15) is 14.3 Å². The first-order valence-corrected chi connectivity index (χ1v) is 6.79. The highest BCUT2D eigenvalue weighted by molar-refractivity contribution is 9.10. The molecule has 0 radical (unpaired) electrons. The Kier molecular flexibility index (Phi) is 4.35. The van der Waals surface area contributed by atoms with Crippen molar-refractivity contribution in [2.75, 3.05) is 13.2 Å². The van der Waals surface area contributed by atoms with E-state index in [0.29, 0.717) is 11.0 Å². The molecule has 1 N–H and O–H groups in total. The van der Waals surface area contributed by atoms with E-state index in [1.54, 1.807) is 11.0 Å². The van der Waals surface area contributed by atoms with Gasteiger partial charge in [0.25, 0.3) is 5.91 Å². The van der Waals surface area contributed by atoms with Crippen molar-refractivity contribution in [3.8, 4) is 0 Å². The maximum atomic E-state index is 13.7. The summed E-state index contributed by atoms with van der Waals surface area (Å²) in [5, 5.41) is 9.28. The van der Waals surface area contributed by atoms with E-state index >= 15 is 0 Å². The Morgan fingerprint density at radius 2 is 2.28 bits per heavy atom. The number of hydrogen-bond acceptors (Lipinski definition) is 2. The van der Waals surface area contributed by atoms with Gasteiger partial charge in [0.05, 0.1) is 18.2 Å². The molecule has 1 saturated heterocycles. The average molecular weight is 316 g/mol. The van der Waals surface area contributed by atoms with Crippen molar-refractivity contribution >= 4 is 21.8 Å². The van der Waals surface area contributed by atoms with Crippen molar-refractivity contribution in [3.05, 3.63) is 34.1 Å². The van der Waals surface area contributed by atoms with E-state index in [1.165, 1.54) is 12.1 Å². The standard InChI is InChI=1S/C13H15BrFNO2/c14-9-4-5-11(12(15)7-9)13(18)16-6-2-1-3-10(16)8-17/h4-5,7,10,17H,1-3,6,8H2. The summed E-state index contributed by atoms with van der Waals surface area (Å²) in [5.74, 6) is -0.865. The maximum absolute atomic E-state index is 13.7. The molecule has 1 aliphatic rings. The number of piperidine rings is 1. The molecule has 1 atom stereocenters. The van der Waals surface area contributed by atoms with E-state index in [-0.39, 0.29) is 24.1 Å². The van der Waals surface area contributed by atoms with Crippen LogP contribution in [0.3, 0.4) is 0 Å². The van der Waals surface area contributed by atoms with Crippen molar-refractivity contribution in [1.82, 2.24) is 4.90 Å². The van der Waals surface area contributed by atoms with Gasteiger partial charge in [0.15, 0.2) is 0 Å². The number of carbonyl (C=O) groups excluding carboxylic acids is 1. The van der Waals surface area contributed by atoms with Crippen LogP contribution in [-0.2, 0) is 0 Å². The summed E-state index contributed by atoms with van der Waals surface area (Å²) in [5.41, 5.74) is 0.0681. The van der Waals surface area contributed by atoms with Crippen LogP contribution in [0.1, 0.15) is 29.6 Å². The van der Waals surface area contributed by atoms with E-state index in [1.807, 2.05) is 0 Å². The zero-order valence-electron chi connectivity index (χ0n) is 9.90. The lowest BCUT2D eigenvalue weighted by atomic mass is 10.0. The van der Waals surface area contributed by atoms with Crippen LogP contribution in [0.15, 0.2) is 22.7 Å². The van der Waals surface area contributed by atoms with Crippen LogP contribution in [0, 0.1) is 5.82 Å². The van der Waals surface area contributed by atoms with Crippen LogP contribution < -0.4 is 0 Å². The summed E-state index contributed by atoms with van der Waals surface area (Å²) in [6, 6.07) is 4.22. The fraction of sp³-hybridized carbons (Fsp3) is 0.462. The number of nitrogens with zero attached hydrogens (tertiary/aromatic N) is 1. The SMILES string of the molecule is O=C(c1ccc(Br)cc1F)N1CCCCC1CO. The number of rotatable bonds is 2. The smallest absolute Gasteiger partial charge is 0.257 e. The molecule has 18 heavy (non-hydrogen) atoms. The Hall–Kier alpha value is -0.940. The van der Waals surface area contributed by atoms with Crippen molar-refractivity contribution < 1.29 is 14.3 Å². The highest BCUT2D eigenvalue weighted by Crippen LogP contribution is 2.22. The van der Waals surface area contributed by atoms with Crippen LogP contribution in [0.25, 0.3) is 0 Å². The van der Waals surface area contributed by atoms with E-state index in [2.05, 4.69) is 15.9 Å². The molecule has 1 aliphatic heterocycles. The number of aliphatic hydroxyl groups is 1. The molecule has 2 rings (SSSR count). The number of aliphatic hydroxyl groups excluding tert-OH is 1. The number of likely N-dealkylation sites (tertiary alicyclic amines) is 1. The molecule has 0 spiro atoms. The second-order valence-corrected chi connectivity index (χ2v) is 5.37. The van der Waals surface area contributed by atoms with Crippen molar-refractivity contribution in [1.29, 1.82) is 0 Å². The van der Waals surface area contributed by atoms with Crippen LogP contribution in [0.5, 0.6) is 0 Å². The Labute approximate surface area is 114 Å². The number of carbonyl (C=O) groups is 1. The van der Waals surface area contributed by atoms with E-state index in [4.69, 9.17) is 0 Å². The van der Waals surface area contributed by atoms with Gasteiger partial charge in [-0.3, -0.25) is 4.79 Å². The maximum Gasteiger partial charge on any atom is 0.257 e. The monoisotopic (exact) mass is 315 g/mol. The number of hydrogen-bond donors (Lipinski definition) is 1. The molecule has 0 aromatic heterocycles. The topological polar surface area (TPSA) is 40.5 Å². The third kappa shape index (κ3) is 2.72. The summed E-state index contributed by atoms with van der Waals surface area (Å²) in [4.78, 5) is 13.8. The van der Waals surface area contributed by atoms with Gasteiger partial charge in [-0.25, -0.2) is 4.39 Å². The second kappa shape index (κ2) is 5.80. The van der Waals surface area contributed by atoms with Crippen molar-refractivity contribution in [2.45, 2.75) is 25.3 Å².